The van der Waals surface area contributed by atoms with E-state index in [-0.39, 0.29) is 5.41 Å². The molecule has 0 bridgehead atoms. The Morgan fingerprint density at radius 3 is 2.25 bits per heavy atom. The van der Waals surface area contributed by atoms with Crippen LogP contribution in [0, 0.1) is 12.8 Å². The molecule has 3 rings (SSSR count). The molecule has 0 radical (unpaired) electrons. The van der Waals surface area contributed by atoms with Gasteiger partial charge in [-0.15, -0.1) is 0 Å². The Morgan fingerprint density at radius 1 is 0.958 bits per heavy atom. The van der Waals surface area contributed by atoms with E-state index in [2.05, 4.69) is 81.1 Å². The summed E-state index contributed by atoms with van der Waals surface area (Å²) >= 11 is 0. The van der Waals surface area contributed by atoms with Gasteiger partial charge >= 0.3 is 0 Å². The van der Waals surface area contributed by atoms with E-state index in [4.69, 9.17) is 0 Å². The largest absolute Gasteiger partial charge is 0.371 e. The first kappa shape index (κ1) is 17.1. The van der Waals surface area contributed by atoms with Crippen LogP contribution in [0.1, 0.15) is 50.3 Å². The van der Waals surface area contributed by atoms with E-state index in [1.54, 1.807) is 0 Å². The van der Waals surface area contributed by atoms with Crippen molar-refractivity contribution in [3.05, 3.63) is 65.2 Å². The zero-order valence-corrected chi connectivity index (χ0v) is 15.7. The minimum atomic E-state index is 0.216. The molecule has 0 amide bonds. The van der Waals surface area contributed by atoms with E-state index in [0.29, 0.717) is 0 Å². The first-order valence-electron chi connectivity index (χ1n) is 9.33. The van der Waals surface area contributed by atoms with Crippen molar-refractivity contribution in [3.8, 4) is 0 Å². The first-order chi connectivity index (χ1) is 11.4. The lowest BCUT2D eigenvalue weighted by molar-refractivity contribution is 0.403. The van der Waals surface area contributed by atoms with Crippen molar-refractivity contribution in [1.29, 1.82) is 0 Å². The van der Waals surface area contributed by atoms with Crippen molar-refractivity contribution < 1.29 is 0 Å². The van der Waals surface area contributed by atoms with Crippen LogP contribution in [0.3, 0.4) is 0 Å². The molecule has 0 spiro atoms. The molecular weight excluding hydrogens is 290 g/mol. The molecule has 0 atom stereocenters. The molecule has 0 unspecified atom stereocenters. The molecule has 1 aliphatic rings. The van der Waals surface area contributed by atoms with Crippen LogP contribution >= 0.6 is 0 Å². The Morgan fingerprint density at radius 2 is 1.62 bits per heavy atom. The molecule has 1 aliphatic heterocycles. The number of nitrogens with zero attached hydrogens (tertiary/aromatic N) is 1. The van der Waals surface area contributed by atoms with E-state index in [9.17, 15) is 0 Å². The van der Waals surface area contributed by atoms with E-state index in [0.717, 1.165) is 5.92 Å². The minimum absolute atomic E-state index is 0.216. The number of benzene rings is 2. The number of hydrogen-bond acceptors (Lipinski definition) is 1. The monoisotopic (exact) mass is 321 g/mol. The maximum absolute atomic E-state index is 2.60. The molecule has 0 aliphatic carbocycles. The van der Waals surface area contributed by atoms with Crippen LogP contribution in [0.5, 0.6) is 0 Å². The molecule has 0 saturated carbocycles. The third kappa shape index (κ3) is 4.01. The lowest BCUT2D eigenvalue weighted by Gasteiger charge is -2.35. The second kappa shape index (κ2) is 7.01. The van der Waals surface area contributed by atoms with Crippen molar-refractivity contribution in [3.63, 3.8) is 0 Å². The summed E-state index contributed by atoms with van der Waals surface area (Å²) in [6.45, 7) is 11.5. The molecule has 1 heterocycles. The third-order valence-electron chi connectivity index (χ3n) is 5.40. The Labute approximate surface area is 147 Å². The summed E-state index contributed by atoms with van der Waals surface area (Å²) in [6.07, 6.45) is 3.83. The molecule has 1 heteroatoms. The molecule has 1 saturated heterocycles. The van der Waals surface area contributed by atoms with Gasteiger partial charge in [0.25, 0.3) is 0 Å². The summed E-state index contributed by atoms with van der Waals surface area (Å²) in [4.78, 5) is 2.60. The van der Waals surface area contributed by atoms with Gasteiger partial charge in [0.05, 0.1) is 0 Å². The number of anilines is 1. The summed E-state index contributed by atoms with van der Waals surface area (Å²) in [6, 6.07) is 18.0. The van der Waals surface area contributed by atoms with E-state index >= 15 is 0 Å². The highest BCUT2D eigenvalue weighted by Gasteiger charge is 2.22. The molecule has 2 aromatic rings. The van der Waals surface area contributed by atoms with E-state index < -0.39 is 0 Å². The molecule has 1 fully saturated rings. The number of piperidine rings is 1. The maximum atomic E-state index is 2.60. The van der Waals surface area contributed by atoms with Crippen LogP contribution in [-0.2, 0) is 11.8 Å². The Kier molecular flexibility index (Phi) is 4.99. The summed E-state index contributed by atoms with van der Waals surface area (Å²) in [5.41, 5.74) is 6.00. The summed E-state index contributed by atoms with van der Waals surface area (Å²) < 4.78 is 0. The van der Waals surface area contributed by atoms with Gasteiger partial charge < -0.3 is 4.90 Å². The van der Waals surface area contributed by atoms with Gasteiger partial charge in [-0.25, -0.2) is 0 Å². The fraction of sp³-hybridized carbons (Fsp3) is 0.478. The predicted molar refractivity (Wildman–Crippen MR) is 105 cm³/mol. The highest BCUT2D eigenvalue weighted by molar-refractivity contribution is 5.56. The van der Waals surface area contributed by atoms with Gasteiger partial charge in [-0.3, -0.25) is 0 Å². The van der Waals surface area contributed by atoms with Crippen LogP contribution < -0.4 is 4.90 Å². The van der Waals surface area contributed by atoms with Crippen molar-refractivity contribution in [2.75, 3.05) is 18.0 Å². The number of aryl methyl sites for hydroxylation is 1. The van der Waals surface area contributed by atoms with Crippen LogP contribution in [-0.4, -0.2) is 13.1 Å². The van der Waals surface area contributed by atoms with Crippen molar-refractivity contribution in [2.45, 2.75) is 52.4 Å². The quantitative estimate of drug-likeness (QED) is 0.695. The number of rotatable bonds is 3. The predicted octanol–water partition coefficient (Wildman–Crippen LogP) is 5.75. The average molecular weight is 322 g/mol. The van der Waals surface area contributed by atoms with Gasteiger partial charge in [0.2, 0.25) is 0 Å². The Hall–Kier alpha value is -1.76. The molecule has 128 valence electrons. The van der Waals surface area contributed by atoms with Crippen molar-refractivity contribution >= 4 is 5.69 Å². The lowest BCUT2D eigenvalue weighted by Crippen LogP contribution is -2.35. The molecular formula is C23H31N. The smallest absolute Gasteiger partial charge is 0.0398 e. The van der Waals surface area contributed by atoms with Crippen molar-refractivity contribution in [1.82, 2.24) is 0 Å². The van der Waals surface area contributed by atoms with Gasteiger partial charge in [-0.1, -0.05) is 63.2 Å². The van der Waals surface area contributed by atoms with Gasteiger partial charge in [0.15, 0.2) is 0 Å². The first-order valence-corrected chi connectivity index (χ1v) is 9.33. The topological polar surface area (TPSA) is 3.24 Å². The van der Waals surface area contributed by atoms with Crippen LogP contribution in [0.4, 0.5) is 5.69 Å². The SMILES string of the molecule is Cc1ccc(C(C)(C)C)cc1N1CCC(Cc2ccccc2)CC1. The maximum Gasteiger partial charge on any atom is 0.0398 e. The summed E-state index contributed by atoms with van der Waals surface area (Å²) in [5.74, 6) is 0.828. The van der Waals surface area contributed by atoms with Gasteiger partial charge in [-0.2, -0.15) is 0 Å². The van der Waals surface area contributed by atoms with Gasteiger partial charge in [0, 0.05) is 18.8 Å². The molecule has 0 N–H and O–H groups in total. The Bertz CT molecular complexity index is 658. The highest BCUT2D eigenvalue weighted by atomic mass is 15.1. The van der Waals surface area contributed by atoms with Crippen molar-refractivity contribution in [2.24, 2.45) is 5.92 Å². The Balaban J connectivity index is 1.66. The zero-order valence-electron chi connectivity index (χ0n) is 15.7. The summed E-state index contributed by atoms with van der Waals surface area (Å²) in [5, 5.41) is 0. The standard InChI is InChI=1S/C23H31N/c1-18-10-11-21(23(2,3)4)17-22(18)24-14-12-20(13-15-24)16-19-8-6-5-7-9-19/h5-11,17,20H,12-16H2,1-4H3. The van der Waals surface area contributed by atoms with Gasteiger partial charge in [-0.05, 0) is 60.3 Å². The summed E-state index contributed by atoms with van der Waals surface area (Å²) in [7, 11) is 0. The fourth-order valence-electron chi connectivity index (χ4n) is 3.74. The van der Waals surface area contributed by atoms with Crippen LogP contribution in [0.15, 0.2) is 48.5 Å². The molecule has 0 aromatic heterocycles. The molecule has 24 heavy (non-hydrogen) atoms. The second-order valence-electron chi connectivity index (χ2n) is 8.37. The molecule has 1 nitrogen and oxygen atoms in total. The van der Waals surface area contributed by atoms with E-state index in [1.165, 1.54) is 54.7 Å². The normalized spacial score (nSPS) is 16.4. The second-order valence-corrected chi connectivity index (χ2v) is 8.37. The zero-order chi connectivity index (χ0) is 17.2. The van der Waals surface area contributed by atoms with E-state index in [1.807, 2.05) is 0 Å². The van der Waals surface area contributed by atoms with Crippen LogP contribution in [0.25, 0.3) is 0 Å². The highest BCUT2D eigenvalue weighted by Crippen LogP contribution is 2.32. The average Bonchev–Trinajstić information content (AvgIpc) is 2.56. The van der Waals surface area contributed by atoms with Gasteiger partial charge in [0.1, 0.15) is 0 Å². The molecule has 2 aromatic carbocycles. The lowest BCUT2D eigenvalue weighted by atomic mass is 9.85. The minimum Gasteiger partial charge on any atom is -0.371 e. The fourth-order valence-corrected chi connectivity index (χ4v) is 3.74. The van der Waals surface area contributed by atoms with Crippen LogP contribution in [0.2, 0.25) is 0 Å². The number of hydrogen-bond donors (Lipinski definition) is 0. The third-order valence-corrected chi connectivity index (χ3v) is 5.40.